The van der Waals surface area contributed by atoms with E-state index >= 15 is 0 Å². The summed E-state index contributed by atoms with van der Waals surface area (Å²) in [4.78, 5) is 155. The van der Waals surface area contributed by atoms with Crippen molar-refractivity contribution in [1.29, 1.82) is 0 Å². The smallest absolute Gasteiger partial charge is 0.309 e. The number of nitrogens with zero attached hydrogens (tertiary/aromatic N) is 2. The van der Waals surface area contributed by atoms with Gasteiger partial charge in [-0.05, 0) is 67.2 Å². The van der Waals surface area contributed by atoms with Gasteiger partial charge in [-0.2, -0.15) is 0 Å². The van der Waals surface area contributed by atoms with Crippen LogP contribution >= 0.6 is 0 Å². The second kappa shape index (κ2) is 37.9. The number of primary amides is 1. The number of carboxylic acids is 1. The average molecular weight is 1240 g/mol. The number of aliphatic carboxylic acids is 1. The van der Waals surface area contributed by atoms with Crippen molar-refractivity contribution in [3.05, 3.63) is 65.7 Å². The number of carboxylic acid groups (broad SMARTS) is 1. The Morgan fingerprint density at radius 1 is 0.670 bits per heavy atom. The van der Waals surface area contributed by atoms with Crippen molar-refractivity contribution in [3.63, 3.8) is 0 Å². The van der Waals surface area contributed by atoms with E-state index in [1.807, 2.05) is 19.0 Å². The molecule has 17 N–H and O–H groups in total. The fraction of sp³-hybridized carbons (Fsp3) is 0.607. The van der Waals surface area contributed by atoms with Gasteiger partial charge in [0.25, 0.3) is 0 Å². The lowest BCUT2D eigenvalue weighted by Crippen LogP contribution is -2.60. The lowest BCUT2D eigenvalue weighted by atomic mass is 9.77. The van der Waals surface area contributed by atoms with Crippen molar-refractivity contribution in [2.45, 2.75) is 155 Å². The van der Waals surface area contributed by atoms with Crippen LogP contribution in [0.15, 0.2) is 59.6 Å². The minimum Gasteiger partial charge on any atom is -0.481 e. The molecule has 2 aromatic rings. The molecule has 0 aliphatic rings. The highest BCUT2D eigenvalue weighted by atomic mass is 16.5. The van der Waals surface area contributed by atoms with Crippen LogP contribution in [-0.2, 0) is 64.1 Å². The first-order valence-electron chi connectivity index (χ1n) is 29.5. The Morgan fingerprint density at radius 3 is 1.77 bits per heavy atom. The Bertz CT molecular complexity index is 2690. The number of amides is 5. The largest absolute Gasteiger partial charge is 0.481 e. The Kier molecular flexibility index (Phi) is 32.9. The Hall–Kier alpha value is -7.72. The number of anilines is 1. The summed E-state index contributed by atoms with van der Waals surface area (Å²) in [5.74, 6) is -19.8. The number of benzene rings is 2. The van der Waals surface area contributed by atoms with Gasteiger partial charge in [0.2, 0.25) is 29.5 Å². The molecule has 0 heterocycles. The lowest BCUT2D eigenvalue weighted by Gasteiger charge is -2.30. The van der Waals surface area contributed by atoms with Gasteiger partial charge < -0.3 is 79.4 Å². The zero-order valence-corrected chi connectivity index (χ0v) is 51.9. The first kappa shape index (κ1) is 76.4. The summed E-state index contributed by atoms with van der Waals surface area (Å²) in [6, 6.07) is 10.2. The minimum absolute atomic E-state index is 0.00393. The summed E-state index contributed by atoms with van der Waals surface area (Å²) in [5.41, 5.74) is 25.2. The molecule has 0 fully saturated rings. The Labute approximate surface area is 513 Å². The summed E-state index contributed by atoms with van der Waals surface area (Å²) in [6.45, 7) is 9.38. The molecule has 2 rings (SSSR count). The quantitative estimate of drug-likeness (QED) is 0.0178. The van der Waals surface area contributed by atoms with Gasteiger partial charge in [0.1, 0.15) is 48.2 Å². The molecular formula is C61H94N10O17. The third-order valence-corrected chi connectivity index (χ3v) is 15.2. The molecule has 2 aromatic carbocycles. The van der Waals surface area contributed by atoms with Gasteiger partial charge in [0, 0.05) is 69.9 Å². The molecule has 490 valence electrons. The van der Waals surface area contributed by atoms with Crippen molar-refractivity contribution in [1.82, 2.24) is 21.3 Å². The Morgan fingerprint density at radius 2 is 1.25 bits per heavy atom. The fourth-order valence-electron chi connectivity index (χ4n) is 9.65. The topological polar surface area (TPSA) is 466 Å². The number of ether oxygens (including phenoxy) is 1. The predicted octanol–water partition coefficient (Wildman–Crippen LogP) is -0.159. The maximum absolute atomic E-state index is 14.7. The highest BCUT2D eigenvalue weighted by Crippen LogP contribution is 2.32. The highest BCUT2D eigenvalue weighted by molar-refractivity contribution is 5.99. The molecular weight excluding hydrogens is 1140 g/mol. The second-order valence-electron chi connectivity index (χ2n) is 23.4. The molecule has 0 aliphatic carbocycles. The van der Waals surface area contributed by atoms with E-state index in [4.69, 9.17) is 27.7 Å². The molecule has 5 amide bonds. The molecule has 27 heteroatoms. The van der Waals surface area contributed by atoms with Gasteiger partial charge >= 0.3 is 11.9 Å². The lowest BCUT2D eigenvalue weighted by molar-refractivity contribution is -0.149. The summed E-state index contributed by atoms with van der Waals surface area (Å²) in [7, 11) is 3.70. The standard InChI is InChI=1S/C61H94N10O17/c1-10-34(6)51(59(85)70-52(35(7)73)58(84)67-29-41(74)26-43(54(80)55(63)81)47(76)25-39(30-72)60(86)87)69-57(83)45(17-14-22-66-61(64)65)68-56(82)38(23-32(2)3)24-46(75)44(53(79)33(4)5)27-48(77)42(28-49(78)88-31-36-15-12-11-13-16-36)50(62)37-18-20-40(21-19-37)71(8)9/h11-13,15-16,18-21,32-35,38-39,42-45,50-54,72-73,79-80H,10,14,17,22-31,62H2,1-9H3,(H2,63,81)(H,67,84)(H,68,82)(H,69,83)(H,70,85)(H,86,87)(H4,64,65,66)/t34-,35-,38+,39-,42+,43+,44+,45+,50+,51-,52-,53+,54-/m0/s1. The number of guanidine groups is 1. The number of rotatable bonds is 42. The zero-order chi connectivity index (χ0) is 66.7. The monoisotopic (exact) mass is 1240 g/mol. The number of carbonyl (C=O) groups excluding carboxylic acids is 10. The molecule has 0 radical (unpaired) electrons. The molecule has 0 saturated carbocycles. The molecule has 13 atom stereocenters. The number of aliphatic imine (C=N–C) groups is 1. The van der Waals surface area contributed by atoms with E-state index in [1.165, 1.54) is 0 Å². The summed E-state index contributed by atoms with van der Waals surface area (Å²) in [5, 5.41) is 61.4. The molecule has 27 nitrogen and oxygen atoms in total. The number of ketones is 4. The number of esters is 1. The van der Waals surface area contributed by atoms with Gasteiger partial charge in [-0.1, -0.05) is 90.4 Å². The first-order chi connectivity index (χ1) is 41.2. The number of aliphatic hydroxyl groups excluding tert-OH is 4. The normalized spacial score (nSPS) is 15.8. The van der Waals surface area contributed by atoms with Crippen LogP contribution in [0.2, 0.25) is 0 Å². The van der Waals surface area contributed by atoms with E-state index in [1.54, 1.807) is 96.1 Å². The van der Waals surface area contributed by atoms with Gasteiger partial charge in [-0.25, -0.2) is 0 Å². The van der Waals surface area contributed by atoms with Crippen LogP contribution < -0.4 is 49.1 Å². The van der Waals surface area contributed by atoms with Gasteiger partial charge in [0.15, 0.2) is 11.7 Å². The summed E-state index contributed by atoms with van der Waals surface area (Å²) in [6.07, 6.45) is -8.31. The van der Waals surface area contributed by atoms with Crippen LogP contribution in [0.4, 0.5) is 5.69 Å². The molecule has 0 saturated heterocycles. The molecule has 88 heavy (non-hydrogen) atoms. The third-order valence-electron chi connectivity index (χ3n) is 15.2. The summed E-state index contributed by atoms with van der Waals surface area (Å²) >= 11 is 0. The van der Waals surface area contributed by atoms with E-state index in [0.29, 0.717) is 11.1 Å². The highest BCUT2D eigenvalue weighted by Gasteiger charge is 2.41. The van der Waals surface area contributed by atoms with E-state index in [-0.39, 0.29) is 50.7 Å². The number of carbonyl (C=O) groups is 11. The van der Waals surface area contributed by atoms with Gasteiger partial charge in [0.05, 0.1) is 49.5 Å². The van der Waals surface area contributed by atoms with Crippen LogP contribution in [-0.4, -0.2) is 166 Å². The van der Waals surface area contributed by atoms with Crippen molar-refractivity contribution in [3.8, 4) is 0 Å². The van der Waals surface area contributed by atoms with Crippen LogP contribution in [0.1, 0.15) is 123 Å². The third kappa shape index (κ3) is 25.5. The van der Waals surface area contributed by atoms with Crippen molar-refractivity contribution in [2.24, 2.45) is 75.3 Å². The maximum atomic E-state index is 14.7. The maximum Gasteiger partial charge on any atom is 0.309 e. The van der Waals surface area contributed by atoms with Crippen molar-refractivity contribution >= 4 is 76.3 Å². The molecule has 0 aliphatic heterocycles. The van der Waals surface area contributed by atoms with E-state index in [2.05, 4.69) is 26.3 Å². The second-order valence-corrected chi connectivity index (χ2v) is 23.4. The number of Topliss-reactive ketones (excluding diaryl/α,β-unsaturated/α-hetero) is 4. The number of aliphatic hydroxyl groups is 4. The van der Waals surface area contributed by atoms with Crippen molar-refractivity contribution in [2.75, 3.05) is 38.7 Å². The number of hydrogen-bond donors (Lipinski definition) is 13. The number of nitrogens with one attached hydrogen (secondary N) is 4. The van der Waals surface area contributed by atoms with Crippen LogP contribution in [0.3, 0.4) is 0 Å². The van der Waals surface area contributed by atoms with Crippen LogP contribution in [0, 0.1) is 47.3 Å². The van der Waals surface area contributed by atoms with Gasteiger partial charge in [-0.3, -0.25) is 57.7 Å². The SMILES string of the molecule is CC[C@H](C)[C@H](NC(=O)[C@@H](CCCN=C(N)N)NC(=O)[C@@H](CC(=O)[C@@H](CC(=O)[C@@H](CC(=O)OCc1ccccc1)[C@H](N)c1ccc(N(C)C)cc1)[C@H](O)C(C)C)CC(C)C)C(=O)N[C@H](C(=O)NCC(=O)C[C@H](C(=O)C[C@@H](CO)C(=O)O)[C@H](O)C(N)=O)[C@H](C)O. The minimum atomic E-state index is -2.25. The summed E-state index contributed by atoms with van der Waals surface area (Å²) < 4.78 is 5.57. The number of hydrogen-bond acceptors (Lipinski definition) is 19. The van der Waals surface area contributed by atoms with Crippen LogP contribution in [0.25, 0.3) is 0 Å². The first-order valence-corrected chi connectivity index (χ1v) is 29.5. The van der Waals surface area contributed by atoms with Gasteiger partial charge in [-0.15, -0.1) is 0 Å². The van der Waals surface area contributed by atoms with E-state index in [0.717, 1.165) is 12.6 Å². The van der Waals surface area contributed by atoms with E-state index in [9.17, 15) is 78.3 Å². The zero-order valence-electron chi connectivity index (χ0n) is 51.9. The predicted molar refractivity (Wildman–Crippen MR) is 325 cm³/mol. The molecule has 0 aromatic heterocycles. The number of nitrogens with two attached hydrogens (primary N) is 4. The van der Waals surface area contributed by atoms with Crippen LogP contribution in [0.5, 0.6) is 0 Å². The van der Waals surface area contributed by atoms with E-state index < -0.39 is 194 Å². The fourth-order valence-corrected chi connectivity index (χ4v) is 9.65. The molecule has 0 bridgehead atoms. The van der Waals surface area contributed by atoms with Crippen molar-refractivity contribution < 1.29 is 83.0 Å². The average Bonchev–Trinajstić information content (AvgIpc) is 3.22. The Balaban J connectivity index is 2.48. The molecule has 0 unspecified atom stereocenters. The molecule has 0 spiro atoms.